The molecule has 0 fully saturated rings. The summed E-state index contributed by atoms with van der Waals surface area (Å²) in [5.74, 6) is 0. The lowest BCUT2D eigenvalue weighted by atomic mass is 10.5. The van der Waals surface area contributed by atoms with Crippen molar-refractivity contribution in [3.05, 3.63) is 80.0 Å². The van der Waals surface area contributed by atoms with Gasteiger partial charge in [0.25, 0.3) is 0 Å². The standard InChI is InChI=1S/C6H7N.C5H5N.C3H6/c1-2-4-6-7-5-3-1;1-2-4-6-5-3-1;1-3-2/h1-7H;1-5H;3H,1H2,2H3. The molecule has 84 valence electrons. The molecule has 0 radical (unpaired) electrons. The van der Waals surface area contributed by atoms with E-state index in [-0.39, 0.29) is 0 Å². The number of aromatic nitrogens is 1. The molecule has 2 nitrogen and oxygen atoms in total. The van der Waals surface area contributed by atoms with Crippen LogP contribution in [0.25, 0.3) is 0 Å². The summed E-state index contributed by atoms with van der Waals surface area (Å²) in [5, 5.41) is 2.92. The van der Waals surface area contributed by atoms with Gasteiger partial charge in [-0.05, 0) is 31.2 Å². The maximum Gasteiger partial charge on any atom is 0.0267 e. The molecule has 0 saturated carbocycles. The Labute approximate surface area is 97.7 Å². The number of nitrogens with zero attached hydrogens (tertiary/aromatic N) is 1. The summed E-state index contributed by atoms with van der Waals surface area (Å²) in [6.07, 6.45) is 16.8. The molecule has 2 heteroatoms. The first-order chi connectivity index (χ1) is 7.91. The van der Waals surface area contributed by atoms with E-state index in [1.54, 1.807) is 18.5 Å². The lowest BCUT2D eigenvalue weighted by Gasteiger charge is -1.79. The van der Waals surface area contributed by atoms with Crippen molar-refractivity contribution in [3.63, 3.8) is 0 Å². The van der Waals surface area contributed by atoms with Gasteiger partial charge in [0.2, 0.25) is 0 Å². The molecule has 1 aliphatic heterocycles. The Morgan fingerprint density at radius 3 is 1.75 bits per heavy atom. The fourth-order valence-corrected chi connectivity index (χ4v) is 0.719. The van der Waals surface area contributed by atoms with Crippen LogP contribution in [0.5, 0.6) is 0 Å². The van der Waals surface area contributed by atoms with Gasteiger partial charge in [-0.3, -0.25) is 4.98 Å². The highest BCUT2D eigenvalue weighted by molar-refractivity contribution is 5.14. The molecule has 0 atom stereocenters. The second-order valence-corrected chi connectivity index (χ2v) is 2.70. The van der Waals surface area contributed by atoms with E-state index in [0.717, 1.165) is 0 Å². The molecule has 1 aromatic heterocycles. The van der Waals surface area contributed by atoms with Gasteiger partial charge in [0.1, 0.15) is 0 Å². The maximum absolute atomic E-state index is 3.78. The van der Waals surface area contributed by atoms with Crippen LogP contribution >= 0.6 is 0 Å². The van der Waals surface area contributed by atoms with Gasteiger partial charge in [-0.25, -0.2) is 0 Å². The van der Waals surface area contributed by atoms with Gasteiger partial charge in [-0.2, -0.15) is 0 Å². The zero-order valence-electron chi connectivity index (χ0n) is 9.58. The molecule has 0 amide bonds. The molecular weight excluding hydrogens is 196 g/mol. The second-order valence-electron chi connectivity index (χ2n) is 2.70. The van der Waals surface area contributed by atoms with E-state index in [1.165, 1.54) is 0 Å². The van der Waals surface area contributed by atoms with Crippen molar-refractivity contribution in [3.8, 4) is 0 Å². The molecule has 0 saturated heterocycles. The normalized spacial score (nSPS) is 10.8. The Bertz CT molecular complexity index is 283. The first-order valence-electron chi connectivity index (χ1n) is 5.08. The van der Waals surface area contributed by atoms with Crippen LogP contribution in [-0.2, 0) is 0 Å². The Hall–Kier alpha value is -2.09. The molecule has 0 aliphatic carbocycles. The van der Waals surface area contributed by atoms with Crippen LogP contribution in [0.15, 0.2) is 80.0 Å². The van der Waals surface area contributed by atoms with Crippen LogP contribution in [-0.4, -0.2) is 4.98 Å². The van der Waals surface area contributed by atoms with Gasteiger partial charge in [0.05, 0.1) is 0 Å². The molecule has 1 aromatic rings. The van der Waals surface area contributed by atoms with Crippen LogP contribution < -0.4 is 5.32 Å². The predicted molar refractivity (Wildman–Crippen MR) is 70.7 cm³/mol. The Morgan fingerprint density at radius 2 is 1.44 bits per heavy atom. The molecule has 0 unspecified atom stereocenters. The molecule has 0 bridgehead atoms. The zero-order chi connectivity index (χ0) is 11.9. The number of nitrogens with one attached hydrogen (secondary N) is 1. The van der Waals surface area contributed by atoms with E-state index >= 15 is 0 Å². The van der Waals surface area contributed by atoms with Crippen molar-refractivity contribution in [1.29, 1.82) is 0 Å². The number of allylic oxidation sites excluding steroid dienone is 5. The van der Waals surface area contributed by atoms with Crippen molar-refractivity contribution in [1.82, 2.24) is 10.3 Å². The summed E-state index contributed by atoms with van der Waals surface area (Å²) in [5.41, 5.74) is 0. The van der Waals surface area contributed by atoms with Crippen LogP contribution in [0.3, 0.4) is 0 Å². The fourth-order valence-electron chi connectivity index (χ4n) is 0.719. The number of hydrogen-bond acceptors (Lipinski definition) is 2. The summed E-state index contributed by atoms with van der Waals surface area (Å²) < 4.78 is 0. The molecule has 1 aliphatic rings. The highest BCUT2D eigenvalue weighted by Gasteiger charge is 1.67. The van der Waals surface area contributed by atoms with Crippen molar-refractivity contribution >= 4 is 0 Å². The van der Waals surface area contributed by atoms with Crippen LogP contribution in [0.1, 0.15) is 6.92 Å². The van der Waals surface area contributed by atoms with Crippen molar-refractivity contribution in [2.75, 3.05) is 0 Å². The first-order valence-corrected chi connectivity index (χ1v) is 5.08. The number of pyridine rings is 1. The minimum Gasteiger partial charge on any atom is -0.368 e. The predicted octanol–water partition coefficient (Wildman–Crippen LogP) is 3.45. The Kier molecular flexibility index (Phi) is 11.2. The zero-order valence-corrected chi connectivity index (χ0v) is 9.58. The quantitative estimate of drug-likeness (QED) is 0.669. The van der Waals surface area contributed by atoms with Gasteiger partial charge in [-0.15, -0.1) is 6.58 Å². The highest BCUT2D eigenvalue weighted by Crippen LogP contribution is 1.81. The Morgan fingerprint density at radius 1 is 0.938 bits per heavy atom. The highest BCUT2D eigenvalue weighted by atomic mass is 14.8. The SMILES string of the molecule is C1=CC=CNC=C1.C=CC.c1ccncc1. The van der Waals surface area contributed by atoms with Crippen molar-refractivity contribution < 1.29 is 0 Å². The Balaban J connectivity index is 0.000000230. The monoisotopic (exact) mass is 214 g/mol. The van der Waals surface area contributed by atoms with E-state index in [9.17, 15) is 0 Å². The molecule has 1 N–H and O–H groups in total. The molecule has 2 heterocycles. The van der Waals surface area contributed by atoms with Gasteiger partial charge in [-0.1, -0.05) is 24.3 Å². The summed E-state index contributed by atoms with van der Waals surface area (Å²) in [4.78, 5) is 3.78. The van der Waals surface area contributed by atoms with Crippen LogP contribution in [0.2, 0.25) is 0 Å². The van der Waals surface area contributed by atoms with E-state index in [4.69, 9.17) is 0 Å². The molecule has 0 aromatic carbocycles. The number of rotatable bonds is 0. The average molecular weight is 214 g/mol. The van der Waals surface area contributed by atoms with Gasteiger partial charge in [0, 0.05) is 24.8 Å². The van der Waals surface area contributed by atoms with E-state index in [1.807, 2.05) is 61.8 Å². The van der Waals surface area contributed by atoms with Crippen molar-refractivity contribution in [2.45, 2.75) is 6.92 Å². The number of hydrogen-bond donors (Lipinski definition) is 1. The van der Waals surface area contributed by atoms with Crippen LogP contribution in [0.4, 0.5) is 0 Å². The van der Waals surface area contributed by atoms with Crippen molar-refractivity contribution in [2.24, 2.45) is 0 Å². The third-order valence-corrected chi connectivity index (χ3v) is 1.28. The van der Waals surface area contributed by atoms with Gasteiger partial charge in [0.15, 0.2) is 0 Å². The van der Waals surface area contributed by atoms with Gasteiger partial charge < -0.3 is 5.32 Å². The topological polar surface area (TPSA) is 24.9 Å². The smallest absolute Gasteiger partial charge is 0.0267 e. The minimum absolute atomic E-state index is 1.75. The first kappa shape index (κ1) is 13.9. The van der Waals surface area contributed by atoms with E-state index in [0.29, 0.717) is 0 Å². The largest absolute Gasteiger partial charge is 0.368 e. The molecular formula is C14H18N2. The lowest BCUT2D eigenvalue weighted by Crippen LogP contribution is -1.87. The average Bonchev–Trinajstić information content (AvgIpc) is 2.65. The summed E-state index contributed by atoms with van der Waals surface area (Å²) in [7, 11) is 0. The minimum atomic E-state index is 1.75. The summed E-state index contributed by atoms with van der Waals surface area (Å²) >= 11 is 0. The molecule has 0 spiro atoms. The second kappa shape index (κ2) is 12.9. The van der Waals surface area contributed by atoms with Gasteiger partial charge >= 0.3 is 0 Å². The summed E-state index contributed by atoms with van der Waals surface area (Å²) in [6.45, 7) is 5.25. The maximum atomic E-state index is 3.78. The third-order valence-electron chi connectivity index (χ3n) is 1.28. The van der Waals surface area contributed by atoms with E-state index < -0.39 is 0 Å². The van der Waals surface area contributed by atoms with E-state index in [2.05, 4.69) is 16.9 Å². The third kappa shape index (κ3) is 11.9. The summed E-state index contributed by atoms with van der Waals surface area (Å²) in [6, 6.07) is 5.72. The fraction of sp³-hybridized carbons (Fsp3) is 0.0714. The molecule has 16 heavy (non-hydrogen) atoms. The van der Waals surface area contributed by atoms with Crippen LogP contribution in [0, 0.1) is 0 Å². The lowest BCUT2D eigenvalue weighted by molar-refractivity contribution is 1.20. The molecule has 2 rings (SSSR count).